The molecule has 2 aromatic rings. The van der Waals surface area contributed by atoms with Crippen LogP contribution in [0.5, 0.6) is 0 Å². The third-order valence-electron chi connectivity index (χ3n) is 6.33. The van der Waals surface area contributed by atoms with Crippen LogP contribution in [0.2, 0.25) is 0 Å². The maximum Gasteiger partial charge on any atom is 0.231 e. The van der Waals surface area contributed by atoms with Crippen molar-refractivity contribution in [2.24, 2.45) is 5.92 Å². The summed E-state index contributed by atoms with van der Waals surface area (Å²) in [6.45, 7) is 3.29. The predicted molar refractivity (Wildman–Crippen MR) is 110 cm³/mol. The number of amides is 1. The monoisotopic (exact) mass is 384 g/mol. The van der Waals surface area contributed by atoms with Crippen molar-refractivity contribution >= 4 is 17.5 Å². The van der Waals surface area contributed by atoms with Crippen molar-refractivity contribution in [1.29, 1.82) is 0 Å². The number of piperidine rings is 1. The SMILES string of the molecule is CN(CCNC(=O)[C@@H]1CCCN(c2nnc3ccccn23)C1)C1CCCCC1. The average molecular weight is 385 g/mol. The molecule has 2 aromatic heterocycles. The van der Waals surface area contributed by atoms with E-state index < -0.39 is 0 Å². The molecule has 3 heterocycles. The molecule has 2 fully saturated rings. The molecular weight excluding hydrogens is 352 g/mol. The highest BCUT2D eigenvalue weighted by atomic mass is 16.1. The molecule has 0 aromatic carbocycles. The second-order valence-electron chi connectivity index (χ2n) is 8.28. The molecule has 1 saturated carbocycles. The normalized spacial score (nSPS) is 21.4. The molecule has 7 heteroatoms. The second-order valence-corrected chi connectivity index (χ2v) is 8.28. The first kappa shape index (κ1) is 19.2. The summed E-state index contributed by atoms with van der Waals surface area (Å²) >= 11 is 0. The van der Waals surface area contributed by atoms with Crippen molar-refractivity contribution in [2.45, 2.75) is 51.0 Å². The van der Waals surface area contributed by atoms with Gasteiger partial charge in [-0.2, -0.15) is 0 Å². The maximum absolute atomic E-state index is 12.7. The Bertz CT molecular complexity index is 784. The molecule has 0 spiro atoms. The standard InChI is InChI=1S/C21H32N6O/c1-25(18-9-3-2-4-10-18)15-12-22-20(28)17-8-7-13-26(16-17)21-24-23-19-11-5-6-14-27(19)21/h5-6,11,14,17-18H,2-4,7-10,12-13,15-16H2,1H3,(H,22,28)/t17-/m1/s1. The minimum absolute atomic E-state index is 0.0183. The van der Waals surface area contributed by atoms with Gasteiger partial charge in [-0.05, 0) is 44.9 Å². The Morgan fingerprint density at radius 2 is 2.04 bits per heavy atom. The van der Waals surface area contributed by atoms with Gasteiger partial charge in [0.2, 0.25) is 11.9 Å². The van der Waals surface area contributed by atoms with Gasteiger partial charge in [-0.25, -0.2) is 0 Å². The molecule has 1 saturated heterocycles. The lowest BCUT2D eigenvalue weighted by atomic mass is 9.94. The Morgan fingerprint density at radius 1 is 1.18 bits per heavy atom. The molecule has 0 radical (unpaired) electrons. The summed E-state index contributed by atoms with van der Waals surface area (Å²) in [6, 6.07) is 6.59. The smallest absolute Gasteiger partial charge is 0.231 e. The van der Waals surface area contributed by atoms with E-state index in [0.29, 0.717) is 12.6 Å². The van der Waals surface area contributed by atoms with Crippen LogP contribution in [0.3, 0.4) is 0 Å². The van der Waals surface area contributed by atoms with Crippen molar-refractivity contribution in [3.63, 3.8) is 0 Å². The van der Waals surface area contributed by atoms with E-state index in [1.807, 2.05) is 28.8 Å². The summed E-state index contributed by atoms with van der Waals surface area (Å²) in [5.41, 5.74) is 0.842. The zero-order chi connectivity index (χ0) is 19.3. The van der Waals surface area contributed by atoms with Crippen LogP contribution in [0.15, 0.2) is 24.4 Å². The van der Waals surface area contributed by atoms with Gasteiger partial charge in [0.1, 0.15) is 0 Å². The first-order valence-corrected chi connectivity index (χ1v) is 10.7. The molecule has 0 bridgehead atoms. The fourth-order valence-corrected chi connectivity index (χ4v) is 4.62. The Kier molecular flexibility index (Phi) is 6.10. The molecule has 1 aliphatic heterocycles. The van der Waals surface area contributed by atoms with E-state index in [0.717, 1.165) is 44.1 Å². The molecule has 28 heavy (non-hydrogen) atoms. The quantitative estimate of drug-likeness (QED) is 0.828. The predicted octanol–water partition coefficient (Wildman–Crippen LogP) is 2.33. The highest BCUT2D eigenvalue weighted by Crippen LogP contribution is 2.23. The third kappa shape index (κ3) is 4.29. The van der Waals surface area contributed by atoms with E-state index in [1.54, 1.807) is 0 Å². The molecule has 152 valence electrons. The number of carbonyl (C=O) groups excluding carboxylic acids is 1. The van der Waals surface area contributed by atoms with Crippen LogP contribution in [0.1, 0.15) is 44.9 Å². The van der Waals surface area contributed by atoms with E-state index in [1.165, 1.54) is 32.1 Å². The number of pyridine rings is 1. The summed E-state index contributed by atoms with van der Waals surface area (Å²) in [4.78, 5) is 17.4. The number of hydrogen-bond acceptors (Lipinski definition) is 5. The largest absolute Gasteiger partial charge is 0.355 e. The Balaban J connectivity index is 1.28. The second kappa shape index (κ2) is 8.90. The van der Waals surface area contributed by atoms with Crippen molar-refractivity contribution in [3.8, 4) is 0 Å². The Labute approximate surface area is 167 Å². The van der Waals surface area contributed by atoms with Gasteiger partial charge in [0.05, 0.1) is 5.92 Å². The van der Waals surface area contributed by atoms with Gasteiger partial charge >= 0.3 is 0 Å². The number of carbonyl (C=O) groups is 1. The molecule has 1 aliphatic carbocycles. The summed E-state index contributed by atoms with van der Waals surface area (Å²) in [5, 5.41) is 11.8. The van der Waals surface area contributed by atoms with Crippen molar-refractivity contribution in [2.75, 3.05) is 38.1 Å². The third-order valence-corrected chi connectivity index (χ3v) is 6.33. The molecule has 4 rings (SSSR count). The first-order valence-electron chi connectivity index (χ1n) is 10.7. The van der Waals surface area contributed by atoms with Gasteiger partial charge in [0.15, 0.2) is 5.65 Å². The molecule has 1 N–H and O–H groups in total. The van der Waals surface area contributed by atoms with Crippen LogP contribution in [0, 0.1) is 5.92 Å². The van der Waals surface area contributed by atoms with E-state index in [4.69, 9.17) is 0 Å². The summed E-state index contributed by atoms with van der Waals surface area (Å²) < 4.78 is 2.00. The number of anilines is 1. The van der Waals surface area contributed by atoms with E-state index in [2.05, 4.69) is 32.4 Å². The highest BCUT2D eigenvalue weighted by molar-refractivity contribution is 5.79. The fraction of sp³-hybridized carbons (Fsp3) is 0.667. The van der Waals surface area contributed by atoms with Gasteiger partial charge in [-0.1, -0.05) is 25.3 Å². The molecule has 1 amide bonds. The van der Waals surface area contributed by atoms with Crippen LogP contribution < -0.4 is 10.2 Å². The zero-order valence-corrected chi connectivity index (χ0v) is 16.9. The number of aromatic nitrogens is 3. The van der Waals surface area contributed by atoms with Crippen LogP contribution in [-0.4, -0.2) is 64.7 Å². The zero-order valence-electron chi connectivity index (χ0n) is 16.9. The van der Waals surface area contributed by atoms with Crippen molar-refractivity contribution < 1.29 is 4.79 Å². The topological polar surface area (TPSA) is 65.8 Å². The number of hydrogen-bond donors (Lipinski definition) is 1. The summed E-state index contributed by atoms with van der Waals surface area (Å²) in [7, 11) is 2.20. The lowest BCUT2D eigenvalue weighted by molar-refractivity contribution is -0.125. The fourth-order valence-electron chi connectivity index (χ4n) is 4.62. The summed E-state index contributed by atoms with van der Waals surface area (Å²) in [5.74, 6) is 1.03. The highest BCUT2D eigenvalue weighted by Gasteiger charge is 2.28. The molecular formula is C21H32N6O. The lowest BCUT2D eigenvalue weighted by Crippen LogP contribution is -2.46. The lowest BCUT2D eigenvalue weighted by Gasteiger charge is -2.33. The van der Waals surface area contributed by atoms with Crippen LogP contribution in [0.4, 0.5) is 5.95 Å². The Hall–Kier alpha value is -2.15. The maximum atomic E-state index is 12.7. The molecule has 7 nitrogen and oxygen atoms in total. The van der Waals surface area contributed by atoms with E-state index in [-0.39, 0.29) is 11.8 Å². The van der Waals surface area contributed by atoms with Gasteiger partial charge < -0.3 is 15.1 Å². The number of likely N-dealkylation sites (N-methyl/N-ethyl adjacent to an activating group) is 1. The van der Waals surface area contributed by atoms with Gasteiger partial charge in [0, 0.05) is 38.4 Å². The Morgan fingerprint density at radius 3 is 2.89 bits per heavy atom. The molecule has 1 atom stereocenters. The van der Waals surface area contributed by atoms with Crippen molar-refractivity contribution in [1.82, 2.24) is 24.8 Å². The summed E-state index contributed by atoms with van der Waals surface area (Å²) in [6.07, 6.45) is 10.6. The first-order chi connectivity index (χ1) is 13.7. The molecule has 2 aliphatic rings. The van der Waals surface area contributed by atoms with E-state index >= 15 is 0 Å². The van der Waals surface area contributed by atoms with Crippen molar-refractivity contribution in [3.05, 3.63) is 24.4 Å². The average Bonchev–Trinajstić information content (AvgIpc) is 3.18. The number of rotatable bonds is 6. The number of nitrogens with one attached hydrogen (secondary N) is 1. The number of fused-ring (bicyclic) bond motifs is 1. The minimum atomic E-state index is 0.0183. The number of nitrogens with zero attached hydrogens (tertiary/aromatic N) is 5. The van der Waals surface area contributed by atoms with Gasteiger partial charge in [-0.3, -0.25) is 9.20 Å². The van der Waals surface area contributed by atoms with Crippen LogP contribution in [-0.2, 0) is 4.79 Å². The van der Waals surface area contributed by atoms with E-state index in [9.17, 15) is 4.79 Å². The van der Waals surface area contributed by atoms with Gasteiger partial charge in [0.25, 0.3) is 0 Å². The van der Waals surface area contributed by atoms with Crippen LogP contribution in [0.25, 0.3) is 5.65 Å². The van der Waals surface area contributed by atoms with Gasteiger partial charge in [-0.15, -0.1) is 10.2 Å². The molecule has 0 unspecified atom stereocenters. The minimum Gasteiger partial charge on any atom is -0.355 e. The van der Waals surface area contributed by atoms with Crippen LogP contribution >= 0.6 is 0 Å².